The van der Waals surface area contributed by atoms with Crippen molar-refractivity contribution >= 4 is 16.0 Å². The molecule has 6 nitrogen and oxygen atoms in total. The SMILES string of the molecule is CC(C(=O)O)S(=O)(=O)N1CCCC(CN)C1. The minimum atomic E-state index is -3.73. The van der Waals surface area contributed by atoms with Crippen molar-refractivity contribution in [2.45, 2.75) is 25.0 Å². The van der Waals surface area contributed by atoms with Crippen LogP contribution in [-0.2, 0) is 14.8 Å². The minimum absolute atomic E-state index is 0.143. The van der Waals surface area contributed by atoms with E-state index in [9.17, 15) is 13.2 Å². The molecule has 0 saturated carbocycles. The van der Waals surface area contributed by atoms with Gasteiger partial charge in [0, 0.05) is 13.1 Å². The van der Waals surface area contributed by atoms with Crippen molar-refractivity contribution < 1.29 is 18.3 Å². The monoisotopic (exact) mass is 250 g/mol. The molecule has 0 aliphatic carbocycles. The van der Waals surface area contributed by atoms with Gasteiger partial charge in [-0.15, -0.1) is 0 Å². The average Bonchev–Trinajstić information content (AvgIpc) is 2.27. The fourth-order valence-electron chi connectivity index (χ4n) is 1.80. The third-order valence-electron chi connectivity index (χ3n) is 2.97. The van der Waals surface area contributed by atoms with Crippen LogP contribution in [0.4, 0.5) is 0 Å². The molecule has 1 rings (SSSR count). The van der Waals surface area contributed by atoms with Crippen LogP contribution in [0.25, 0.3) is 0 Å². The highest BCUT2D eigenvalue weighted by atomic mass is 32.2. The lowest BCUT2D eigenvalue weighted by Crippen LogP contribution is -2.47. The number of carbonyl (C=O) groups is 1. The second-order valence-electron chi connectivity index (χ2n) is 4.13. The summed E-state index contributed by atoms with van der Waals surface area (Å²) < 4.78 is 25.0. The van der Waals surface area contributed by atoms with Crippen molar-refractivity contribution in [3.63, 3.8) is 0 Å². The molecular weight excluding hydrogens is 232 g/mol. The fraction of sp³-hybridized carbons (Fsp3) is 0.889. The molecule has 94 valence electrons. The largest absolute Gasteiger partial charge is 0.480 e. The molecule has 7 heteroatoms. The maximum atomic E-state index is 11.9. The molecule has 0 aromatic heterocycles. The van der Waals surface area contributed by atoms with Crippen LogP contribution in [0.3, 0.4) is 0 Å². The second-order valence-corrected chi connectivity index (χ2v) is 6.38. The van der Waals surface area contributed by atoms with Gasteiger partial charge in [0.25, 0.3) is 0 Å². The Balaban J connectivity index is 2.79. The quantitative estimate of drug-likeness (QED) is 0.698. The predicted octanol–water partition coefficient (Wildman–Crippen LogP) is -0.540. The zero-order chi connectivity index (χ0) is 12.3. The Bertz CT molecular complexity index is 355. The number of hydrogen-bond acceptors (Lipinski definition) is 4. The number of piperidine rings is 1. The van der Waals surface area contributed by atoms with Crippen molar-refractivity contribution in [1.29, 1.82) is 0 Å². The Hall–Kier alpha value is -0.660. The molecule has 1 saturated heterocycles. The van der Waals surface area contributed by atoms with Crippen LogP contribution >= 0.6 is 0 Å². The molecule has 1 aliphatic rings. The number of carboxylic acids is 1. The van der Waals surface area contributed by atoms with E-state index < -0.39 is 21.2 Å². The van der Waals surface area contributed by atoms with E-state index in [0.717, 1.165) is 12.8 Å². The third-order valence-corrected chi connectivity index (χ3v) is 5.12. The molecular formula is C9H18N2O4S. The summed E-state index contributed by atoms with van der Waals surface area (Å²) in [5, 5.41) is 7.36. The van der Waals surface area contributed by atoms with Crippen LogP contribution in [-0.4, -0.2) is 48.7 Å². The molecule has 0 radical (unpaired) electrons. The number of sulfonamides is 1. The second kappa shape index (κ2) is 5.11. The Labute approximate surface area is 95.5 Å². The first kappa shape index (κ1) is 13.4. The molecule has 2 unspecified atom stereocenters. The molecule has 3 N–H and O–H groups in total. The molecule has 0 aromatic rings. The van der Waals surface area contributed by atoms with Gasteiger partial charge >= 0.3 is 5.97 Å². The fourth-order valence-corrected chi connectivity index (χ4v) is 3.31. The van der Waals surface area contributed by atoms with E-state index in [4.69, 9.17) is 10.8 Å². The van der Waals surface area contributed by atoms with Gasteiger partial charge in [-0.3, -0.25) is 4.79 Å². The highest BCUT2D eigenvalue weighted by Gasteiger charge is 2.36. The molecule has 1 heterocycles. The van der Waals surface area contributed by atoms with Gasteiger partial charge < -0.3 is 10.8 Å². The van der Waals surface area contributed by atoms with Gasteiger partial charge in [-0.2, -0.15) is 0 Å². The van der Waals surface area contributed by atoms with E-state index in [-0.39, 0.29) is 5.92 Å². The van der Waals surface area contributed by atoms with Crippen LogP contribution < -0.4 is 5.73 Å². The highest BCUT2D eigenvalue weighted by molar-refractivity contribution is 7.90. The van der Waals surface area contributed by atoms with Gasteiger partial charge in [0.15, 0.2) is 5.25 Å². The van der Waals surface area contributed by atoms with E-state index in [2.05, 4.69) is 0 Å². The van der Waals surface area contributed by atoms with Crippen molar-refractivity contribution in [3.05, 3.63) is 0 Å². The summed E-state index contributed by atoms with van der Waals surface area (Å²) >= 11 is 0. The molecule has 1 fully saturated rings. The number of nitrogens with zero attached hydrogens (tertiary/aromatic N) is 1. The first-order chi connectivity index (χ1) is 7.39. The topological polar surface area (TPSA) is 101 Å². The molecule has 0 amide bonds. The highest BCUT2D eigenvalue weighted by Crippen LogP contribution is 2.20. The van der Waals surface area contributed by atoms with Gasteiger partial charge in [0.1, 0.15) is 0 Å². The number of hydrogen-bond donors (Lipinski definition) is 2. The van der Waals surface area contributed by atoms with E-state index in [1.165, 1.54) is 11.2 Å². The molecule has 2 atom stereocenters. The van der Waals surface area contributed by atoms with E-state index >= 15 is 0 Å². The molecule has 0 spiro atoms. The van der Waals surface area contributed by atoms with Crippen LogP contribution in [0, 0.1) is 5.92 Å². The first-order valence-corrected chi connectivity index (χ1v) is 6.81. The first-order valence-electron chi connectivity index (χ1n) is 5.31. The molecule has 1 aliphatic heterocycles. The molecule has 16 heavy (non-hydrogen) atoms. The smallest absolute Gasteiger partial charge is 0.323 e. The molecule has 0 aromatic carbocycles. The maximum Gasteiger partial charge on any atom is 0.323 e. The van der Waals surface area contributed by atoms with Crippen LogP contribution in [0.2, 0.25) is 0 Å². The Morgan fingerprint density at radius 1 is 1.62 bits per heavy atom. The zero-order valence-corrected chi connectivity index (χ0v) is 10.1. The Morgan fingerprint density at radius 2 is 2.25 bits per heavy atom. The van der Waals surface area contributed by atoms with E-state index in [1.807, 2.05) is 0 Å². The summed E-state index contributed by atoms with van der Waals surface area (Å²) in [4.78, 5) is 10.7. The van der Waals surface area contributed by atoms with E-state index in [0.29, 0.717) is 19.6 Å². The van der Waals surface area contributed by atoms with Crippen molar-refractivity contribution in [2.75, 3.05) is 19.6 Å². The Morgan fingerprint density at radius 3 is 2.75 bits per heavy atom. The van der Waals surface area contributed by atoms with Gasteiger partial charge in [0.05, 0.1) is 0 Å². The van der Waals surface area contributed by atoms with Crippen molar-refractivity contribution in [1.82, 2.24) is 4.31 Å². The number of carboxylic acid groups (broad SMARTS) is 1. The van der Waals surface area contributed by atoms with Crippen LogP contribution in [0.5, 0.6) is 0 Å². The van der Waals surface area contributed by atoms with Crippen LogP contribution in [0.1, 0.15) is 19.8 Å². The number of nitrogens with two attached hydrogens (primary N) is 1. The Kier molecular flexibility index (Phi) is 4.28. The zero-order valence-electron chi connectivity index (χ0n) is 9.30. The third kappa shape index (κ3) is 2.72. The standard InChI is InChI=1S/C9H18N2O4S/c1-7(9(12)13)16(14,15)11-4-2-3-8(5-10)6-11/h7-8H,2-6,10H2,1H3,(H,12,13). The number of rotatable bonds is 4. The lowest BCUT2D eigenvalue weighted by Gasteiger charge is -2.32. The summed E-state index contributed by atoms with van der Waals surface area (Å²) in [5.74, 6) is -1.17. The van der Waals surface area contributed by atoms with Gasteiger partial charge in [-0.25, -0.2) is 12.7 Å². The van der Waals surface area contributed by atoms with Crippen LogP contribution in [0.15, 0.2) is 0 Å². The predicted molar refractivity (Wildman–Crippen MR) is 59.4 cm³/mol. The van der Waals surface area contributed by atoms with Gasteiger partial charge in [0.2, 0.25) is 10.0 Å². The van der Waals surface area contributed by atoms with Gasteiger partial charge in [-0.1, -0.05) is 0 Å². The lowest BCUT2D eigenvalue weighted by atomic mass is 10.0. The summed E-state index contributed by atoms with van der Waals surface area (Å²) in [5.41, 5.74) is 5.51. The summed E-state index contributed by atoms with van der Waals surface area (Å²) in [6.45, 7) is 2.38. The van der Waals surface area contributed by atoms with Crippen molar-refractivity contribution in [3.8, 4) is 0 Å². The normalized spacial score (nSPS) is 25.2. The lowest BCUT2D eigenvalue weighted by molar-refractivity contribution is -0.136. The summed E-state index contributed by atoms with van der Waals surface area (Å²) in [6.07, 6.45) is 1.65. The van der Waals surface area contributed by atoms with E-state index in [1.54, 1.807) is 0 Å². The maximum absolute atomic E-state index is 11.9. The van der Waals surface area contributed by atoms with Crippen molar-refractivity contribution in [2.24, 2.45) is 11.7 Å². The summed E-state index contributed by atoms with van der Waals surface area (Å²) in [7, 11) is -3.73. The summed E-state index contributed by atoms with van der Waals surface area (Å²) in [6, 6.07) is 0. The van der Waals surface area contributed by atoms with Gasteiger partial charge in [-0.05, 0) is 32.2 Å². The molecule has 0 bridgehead atoms. The number of aliphatic carboxylic acids is 1. The minimum Gasteiger partial charge on any atom is -0.480 e. The average molecular weight is 250 g/mol.